The van der Waals surface area contributed by atoms with Crippen molar-refractivity contribution in [3.63, 3.8) is 0 Å². The monoisotopic (exact) mass is 781 g/mol. The first kappa shape index (κ1) is 52.5. The first-order chi connectivity index (χ1) is 26.4. The van der Waals surface area contributed by atoms with E-state index in [0.717, 1.165) is 44.9 Å². The van der Waals surface area contributed by atoms with E-state index in [4.69, 9.17) is 14.8 Å². The van der Waals surface area contributed by atoms with Crippen LogP contribution in [-0.4, -0.2) is 47.8 Å². The summed E-state index contributed by atoms with van der Waals surface area (Å²) >= 11 is 0. The Kier molecular flexibility index (Phi) is 39.9. The van der Waals surface area contributed by atoms with E-state index >= 15 is 0 Å². The molecule has 3 unspecified atom stereocenters. The minimum atomic E-state index is -4.35. The van der Waals surface area contributed by atoms with Crippen molar-refractivity contribution in [2.24, 2.45) is 5.73 Å². The number of hydrogen-bond donors (Lipinski definition) is 4. The highest BCUT2D eigenvalue weighted by molar-refractivity contribution is 7.47. The van der Waals surface area contributed by atoms with Gasteiger partial charge >= 0.3 is 7.82 Å². The lowest BCUT2D eigenvalue weighted by atomic mass is 10.1. The number of aliphatic hydroxyl groups excluding tert-OH is 1. The second kappa shape index (κ2) is 41.1. The molecule has 316 valence electrons. The van der Waals surface area contributed by atoms with Crippen LogP contribution in [0.4, 0.5) is 0 Å². The highest BCUT2D eigenvalue weighted by atomic mass is 31.2. The van der Waals surface area contributed by atoms with E-state index in [2.05, 4.69) is 55.6 Å². The van der Waals surface area contributed by atoms with Crippen LogP contribution in [0.5, 0.6) is 0 Å². The average Bonchev–Trinajstić information content (AvgIpc) is 3.16. The predicted molar refractivity (Wildman–Crippen MR) is 231 cm³/mol. The number of nitrogens with two attached hydrogens (primary N) is 1. The lowest BCUT2D eigenvalue weighted by Crippen LogP contribution is -2.45. The van der Waals surface area contributed by atoms with E-state index < -0.39 is 20.0 Å². The summed E-state index contributed by atoms with van der Waals surface area (Å²) in [6.07, 6.45) is 50.2. The van der Waals surface area contributed by atoms with Gasteiger partial charge in [0.15, 0.2) is 0 Å². The third-order valence-electron chi connectivity index (χ3n) is 9.60. The van der Waals surface area contributed by atoms with Gasteiger partial charge in [-0.1, -0.05) is 172 Å². The maximum absolute atomic E-state index is 12.8. The van der Waals surface area contributed by atoms with E-state index in [1.54, 1.807) is 6.08 Å². The van der Waals surface area contributed by atoms with Gasteiger partial charge in [0.05, 0.1) is 25.4 Å². The largest absolute Gasteiger partial charge is 0.472 e. The first-order valence-corrected chi connectivity index (χ1v) is 23.8. The molecule has 8 nitrogen and oxygen atoms in total. The zero-order valence-corrected chi connectivity index (χ0v) is 35.8. The van der Waals surface area contributed by atoms with Crippen molar-refractivity contribution < 1.29 is 28.4 Å². The van der Waals surface area contributed by atoms with Crippen LogP contribution in [-0.2, 0) is 18.4 Å². The van der Waals surface area contributed by atoms with Crippen LogP contribution in [0.1, 0.15) is 200 Å². The number of hydrogen-bond acceptors (Lipinski definition) is 6. The Balaban J connectivity index is 4.30. The molecule has 0 bridgehead atoms. The van der Waals surface area contributed by atoms with Crippen LogP contribution in [0.3, 0.4) is 0 Å². The second-order valence-electron chi connectivity index (χ2n) is 14.9. The lowest BCUT2D eigenvalue weighted by Gasteiger charge is -2.23. The molecule has 0 fully saturated rings. The van der Waals surface area contributed by atoms with Crippen molar-refractivity contribution in [3.05, 3.63) is 48.6 Å². The molecule has 0 saturated carbocycles. The third-order valence-corrected chi connectivity index (χ3v) is 10.6. The van der Waals surface area contributed by atoms with Crippen molar-refractivity contribution in [3.8, 4) is 0 Å². The number of phosphoric ester groups is 1. The van der Waals surface area contributed by atoms with Gasteiger partial charge in [-0.25, -0.2) is 4.57 Å². The van der Waals surface area contributed by atoms with Gasteiger partial charge < -0.3 is 21.1 Å². The van der Waals surface area contributed by atoms with E-state index in [1.807, 2.05) is 6.08 Å². The van der Waals surface area contributed by atoms with Crippen LogP contribution in [0.25, 0.3) is 0 Å². The normalized spacial score (nSPS) is 14.5. The maximum atomic E-state index is 12.8. The summed E-state index contributed by atoms with van der Waals surface area (Å²) < 4.78 is 22.1. The molecule has 0 radical (unpaired) electrons. The Morgan fingerprint density at radius 1 is 0.593 bits per heavy atom. The molecule has 0 aliphatic heterocycles. The molecule has 0 aromatic heterocycles. The first-order valence-electron chi connectivity index (χ1n) is 22.3. The highest BCUT2D eigenvalue weighted by Crippen LogP contribution is 2.43. The van der Waals surface area contributed by atoms with Crippen molar-refractivity contribution in [1.82, 2.24) is 5.32 Å². The Bertz CT molecular complexity index is 985. The summed E-state index contributed by atoms with van der Waals surface area (Å²) in [5, 5.41) is 13.6. The van der Waals surface area contributed by atoms with E-state index in [9.17, 15) is 19.4 Å². The molecule has 0 heterocycles. The molecule has 54 heavy (non-hydrogen) atoms. The number of carbonyl (C=O) groups excluding carboxylic acids is 1. The van der Waals surface area contributed by atoms with E-state index in [-0.39, 0.29) is 25.7 Å². The standard InChI is InChI=1S/C45H85N2O6P/c1-3-5-7-9-11-13-15-17-19-21-23-24-26-28-30-32-34-36-38-44(48)43(42-53-54(50,51)52-41-40-46)47-45(49)39-37-35-33-31-29-27-25-22-20-18-16-14-12-10-8-6-4-2/h18,20-21,23,28,30,36,38,43-44,48H,3-17,19,22,24-27,29,31-35,37,39-42,46H2,1-2H3,(H,47,49)(H,50,51)/b20-18-,23-21+,30-28+,38-36+. The topological polar surface area (TPSA) is 131 Å². The number of unbranched alkanes of at least 4 members (excludes halogenated alkanes) is 23. The Hall–Kier alpha value is -1.54. The number of allylic oxidation sites excluding steroid dienone is 7. The molecular formula is C45H85N2O6P. The van der Waals surface area contributed by atoms with Gasteiger partial charge in [-0.15, -0.1) is 0 Å². The number of carbonyl (C=O) groups is 1. The molecule has 0 aromatic rings. The lowest BCUT2D eigenvalue weighted by molar-refractivity contribution is -0.123. The molecule has 0 aromatic carbocycles. The van der Waals surface area contributed by atoms with Crippen LogP contribution < -0.4 is 11.1 Å². The average molecular weight is 781 g/mol. The fourth-order valence-electron chi connectivity index (χ4n) is 6.22. The molecular weight excluding hydrogens is 695 g/mol. The summed E-state index contributed by atoms with van der Waals surface area (Å²) in [6, 6.07) is -0.885. The van der Waals surface area contributed by atoms with Gasteiger partial charge in [0.25, 0.3) is 0 Å². The Morgan fingerprint density at radius 2 is 0.981 bits per heavy atom. The maximum Gasteiger partial charge on any atom is 0.472 e. The number of nitrogens with one attached hydrogen (secondary N) is 1. The zero-order chi connectivity index (χ0) is 39.6. The van der Waals surface area contributed by atoms with Gasteiger partial charge in [-0.05, 0) is 70.6 Å². The molecule has 9 heteroatoms. The molecule has 3 atom stereocenters. The van der Waals surface area contributed by atoms with Crippen molar-refractivity contribution in [2.45, 2.75) is 212 Å². The Morgan fingerprint density at radius 3 is 1.43 bits per heavy atom. The van der Waals surface area contributed by atoms with E-state index in [0.29, 0.717) is 6.42 Å². The quantitative estimate of drug-likeness (QED) is 0.0276. The predicted octanol–water partition coefficient (Wildman–Crippen LogP) is 12.5. The minimum absolute atomic E-state index is 0.0701. The van der Waals surface area contributed by atoms with Gasteiger partial charge in [0, 0.05) is 13.0 Å². The number of aliphatic hydroxyl groups is 1. The van der Waals surface area contributed by atoms with Gasteiger partial charge in [0.2, 0.25) is 5.91 Å². The van der Waals surface area contributed by atoms with Crippen LogP contribution in [0.15, 0.2) is 48.6 Å². The SMILES string of the molecule is CCCCCCCC/C=C\CCCCCCCCCC(=O)NC(COP(=O)(O)OCCN)C(O)/C=C/CC/C=C/CC/C=C/CCCCCCCCCC. The second-order valence-corrected chi connectivity index (χ2v) is 16.3. The van der Waals surface area contributed by atoms with Gasteiger partial charge in [0.1, 0.15) is 0 Å². The summed E-state index contributed by atoms with van der Waals surface area (Å²) in [6.45, 7) is 4.09. The van der Waals surface area contributed by atoms with Crippen LogP contribution in [0, 0.1) is 0 Å². The number of amides is 1. The van der Waals surface area contributed by atoms with E-state index in [1.165, 1.54) is 135 Å². The van der Waals surface area contributed by atoms with Gasteiger partial charge in [-0.2, -0.15) is 0 Å². The van der Waals surface area contributed by atoms with Crippen LogP contribution in [0.2, 0.25) is 0 Å². The highest BCUT2D eigenvalue weighted by Gasteiger charge is 2.26. The molecule has 0 aliphatic carbocycles. The number of phosphoric acid groups is 1. The van der Waals surface area contributed by atoms with Crippen molar-refractivity contribution in [2.75, 3.05) is 19.8 Å². The van der Waals surface area contributed by atoms with Crippen molar-refractivity contribution in [1.29, 1.82) is 0 Å². The third kappa shape index (κ3) is 38.7. The van der Waals surface area contributed by atoms with Crippen LogP contribution >= 0.6 is 7.82 Å². The number of rotatable bonds is 41. The minimum Gasteiger partial charge on any atom is -0.387 e. The zero-order valence-electron chi connectivity index (χ0n) is 35.0. The molecule has 5 N–H and O–H groups in total. The van der Waals surface area contributed by atoms with Crippen molar-refractivity contribution >= 4 is 13.7 Å². The fraction of sp³-hybridized carbons (Fsp3) is 0.800. The smallest absolute Gasteiger partial charge is 0.387 e. The summed E-state index contributed by atoms with van der Waals surface area (Å²) in [5.41, 5.74) is 5.37. The van der Waals surface area contributed by atoms with Gasteiger partial charge in [-0.3, -0.25) is 13.8 Å². The summed E-state index contributed by atoms with van der Waals surface area (Å²) in [7, 11) is -4.35. The summed E-state index contributed by atoms with van der Waals surface area (Å²) in [4.78, 5) is 22.7. The molecule has 0 aliphatic rings. The fourth-order valence-corrected chi connectivity index (χ4v) is 6.98. The molecule has 1 amide bonds. The summed E-state index contributed by atoms with van der Waals surface area (Å²) in [5.74, 6) is -0.214. The Labute approximate surface area is 332 Å². The molecule has 0 saturated heterocycles. The molecule has 0 spiro atoms. The molecule has 0 rings (SSSR count).